The highest BCUT2D eigenvalue weighted by atomic mass is 35.5. The lowest BCUT2D eigenvalue weighted by molar-refractivity contribution is -0.114. The Hall–Kier alpha value is -1.96. The number of benzene rings is 2. The summed E-state index contributed by atoms with van der Waals surface area (Å²) in [6.45, 7) is 7.88. The van der Waals surface area contributed by atoms with Crippen LogP contribution < -0.4 is 4.74 Å². The van der Waals surface area contributed by atoms with Gasteiger partial charge in [-0.25, -0.2) is 5.26 Å². The predicted octanol–water partition coefficient (Wildman–Crippen LogP) is 7.70. The lowest BCUT2D eigenvalue weighted by Gasteiger charge is -2.45. The highest BCUT2D eigenvalue weighted by Gasteiger charge is 2.45. The number of nitrogens with zero attached hydrogens (tertiary/aromatic N) is 1. The molecule has 0 aliphatic heterocycles. The molecule has 32 heavy (non-hydrogen) atoms. The Kier molecular flexibility index (Phi) is 10.1. The van der Waals surface area contributed by atoms with Crippen LogP contribution in [0.2, 0.25) is 22.7 Å². The molecule has 2 aromatic carbocycles. The molecule has 5 unspecified atom stereocenters. The number of nitriles is 1. The van der Waals surface area contributed by atoms with Crippen molar-refractivity contribution in [2.45, 2.75) is 58.1 Å². The molecule has 1 aliphatic carbocycles. The zero-order valence-electron chi connectivity index (χ0n) is 19.5. The average molecular weight is 472 g/mol. The van der Waals surface area contributed by atoms with Gasteiger partial charge in [-0.15, -0.1) is 0 Å². The number of methoxy groups -OCH3 is 1. The Bertz CT molecular complexity index is 928. The van der Waals surface area contributed by atoms with Gasteiger partial charge in [0.25, 0.3) is 6.71 Å². The van der Waals surface area contributed by atoms with Crippen molar-refractivity contribution in [1.82, 2.24) is 0 Å². The van der Waals surface area contributed by atoms with E-state index in [2.05, 4.69) is 12.9 Å². The molecule has 0 bridgehead atoms. The van der Waals surface area contributed by atoms with E-state index in [1.165, 1.54) is 0 Å². The van der Waals surface area contributed by atoms with Crippen molar-refractivity contribution < 1.29 is 9.53 Å². The summed E-state index contributed by atoms with van der Waals surface area (Å²) in [5.74, 6) is 3.31. The maximum absolute atomic E-state index is 12.1. The van der Waals surface area contributed by atoms with Gasteiger partial charge in [0.1, 0.15) is 12.0 Å². The van der Waals surface area contributed by atoms with Crippen LogP contribution in [-0.2, 0) is 4.79 Å². The molecule has 6 heteroatoms. The molecule has 0 radical (unpaired) electrons. The van der Waals surface area contributed by atoms with Crippen LogP contribution in [0.4, 0.5) is 0 Å². The summed E-state index contributed by atoms with van der Waals surface area (Å²) >= 11 is 12.8. The molecule has 0 heterocycles. The number of hydrogen-bond acceptors (Lipinski definition) is 3. The largest absolute Gasteiger partial charge is 0.497 e. The van der Waals surface area contributed by atoms with Crippen molar-refractivity contribution in [3.05, 3.63) is 63.6 Å². The van der Waals surface area contributed by atoms with Gasteiger partial charge in [0.05, 0.1) is 7.11 Å². The smallest absolute Gasteiger partial charge is 0.267 e. The first-order valence-corrected chi connectivity index (χ1v) is 12.1. The highest BCUT2D eigenvalue weighted by molar-refractivity contribution is 6.67. The Balaban J connectivity index is 0.00000176. The van der Waals surface area contributed by atoms with E-state index in [1.54, 1.807) is 7.11 Å². The lowest BCUT2D eigenvalue weighted by Crippen LogP contribution is -2.38. The highest BCUT2D eigenvalue weighted by Crippen LogP contribution is 2.55. The van der Waals surface area contributed by atoms with E-state index in [-0.39, 0.29) is 36.2 Å². The van der Waals surface area contributed by atoms with Crippen molar-refractivity contribution in [3.8, 4) is 11.7 Å². The number of ether oxygens (including phenoxy) is 1. The van der Waals surface area contributed by atoms with Crippen molar-refractivity contribution >= 4 is 36.2 Å². The second-order valence-electron chi connectivity index (χ2n) is 8.30. The standard InChI is InChI=1S/C24H26BCl2NO2.C2H6/c1-15(25(2)14-28)23-17(13-29)6-10-21(20-11-9-19(30-3)12-22(20)27)24(23)16-4-7-18(26)8-5-16;1-2/h4-5,7-9,11-13,15,17,21,23-24H,6,10H2,1-3H3;1-2H3. The third-order valence-electron chi connectivity index (χ3n) is 6.79. The fraction of sp³-hybridized carbons (Fsp3) is 0.462. The topological polar surface area (TPSA) is 50.1 Å². The fourth-order valence-corrected chi connectivity index (χ4v) is 5.47. The van der Waals surface area contributed by atoms with Gasteiger partial charge in [-0.3, -0.25) is 0 Å². The van der Waals surface area contributed by atoms with Gasteiger partial charge in [-0.1, -0.05) is 69.0 Å². The first kappa shape index (κ1) is 26.3. The summed E-state index contributed by atoms with van der Waals surface area (Å²) < 4.78 is 5.32. The van der Waals surface area contributed by atoms with E-state index < -0.39 is 0 Å². The van der Waals surface area contributed by atoms with Crippen molar-refractivity contribution in [3.63, 3.8) is 0 Å². The summed E-state index contributed by atoms with van der Waals surface area (Å²) in [4.78, 5) is 12.1. The Labute approximate surface area is 203 Å². The number of carbonyl (C=O) groups excluding carboxylic acids is 1. The maximum atomic E-state index is 12.1. The number of halogens is 2. The second-order valence-corrected chi connectivity index (χ2v) is 9.15. The van der Waals surface area contributed by atoms with Crippen LogP contribution in [0.3, 0.4) is 0 Å². The van der Waals surface area contributed by atoms with Crippen LogP contribution >= 0.6 is 23.2 Å². The molecule has 3 rings (SSSR count). The third-order valence-corrected chi connectivity index (χ3v) is 7.37. The Morgan fingerprint density at radius 1 is 1.16 bits per heavy atom. The van der Waals surface area contributed by atoms with Crippen LogP contribution in [0.5, 0.6) is 5.75 Å². The van der Waals surface area contributed by atoms with Gasteiger partial charge in [0.15, 0.2) is 0 Å². The molecule has 1 fully saturated rings. The van der Waals surface area contributed by atoms with Gasteiger partial charge >= 0.3 is 0 Å². The van der Waals surface area contributed by atoms with E-state index in [1.807, 2.05) is 63.1 Å². The monoisotopic (exact) mass is 471 g/mol. The van der Waals surface area contributed by atoms with Crippen molar-refractivity contribution in [2.75, 3.05) is 7.11 Å². The molecular formula is C26H32BCl2NO2. The molecule has 0 aromatic heterocycles. The minimum absolute atomic E-state index is 0.0373. The summed E-state index contributed by atoms with van der Waals surface area (Å²) in [7, 11) is 1.62. The summed E-state index contributed by atoms with van der Waals surface area (Å²) in [6.07, 6.45) is 2.72. The molecule has 1 saturated carbocycles. The Morgan fingerprint density at radius 2 is 1.81 bits per heavy atom. The zero-order chi connectivity index (χ0) is 23.8. The molecule has 0 saturated heterocycles. The van der Waals surface area contributed by atoms with Crippen molar-refractivity contribution in [2.24, 2.45) is 11.8 Å². The first-order valence-electron chi connectivity index (χ1n) is 11.3. The quantitative estimate of drug-likeness (QED) is 0.320. The summed E-state index contributed by atoms with van der Waals surface area (Å²) in [5, 5.41) is 10.9. The van der Waals surface area contributed by atoms with Gasteiger partial charge in [0.2, 0.25) is 0 Å². The number of rotatable bonds is 6. The molecule has 2 aromatic rings. The number of aldehydes is 1. The van der Waals surface area contributed by atoms with Crippen LogP contribution in [-0.4, -0.2) is 20.1 Å². The maximum Gasteiger partial charge on any atom is 0.267 e. The second kappa shape index (κ2) is 12.3. The van der Waals surface area contributed by atoms with Crippen LogP contribution in [0.1, 0.15) is 56.6 Å². The van der Waals surface area contributed by atoms with Gasteiger partial charge in [-0.2, -0.15) is 0 Å². The van der Waals surface area contributed by atoms with E-state index in [0.717, 1.165) is 36.0 Å². The predicted molar refractivity (Wildman–Crippen MR) is 135 cm³/mol. The van der Waals surface area contributed by atoms with Gasteiger partial charge in [-0.05, 0) is 71.8 Å². The number of carbonyl (C=O) groups is 1. The van der Waals surface area contributed by atoms with E-state index in [9.17, 15) is 10.1 Å². The van der Waals surface area contributed by atoms with E-state index >= 15 is 0 Å². The zero-order valence-corrected chi connectivity index (χ0v) is 21.0. The van der Waals surface area contributed by atoms with Gasteiger partial charge < -0.3 is 9.53 Å². The SMILES string of the molecule is CC.COc1ccc(C2CCC(C=O)C(C(C)B(C)C#N)C2c2ccc(Cl)cc2)c(Cl)c1. The summed E-state index contributed by atoms with van der Waals surface area (Å²) in [6, 6.07) is 13.7. The lowest BCUT2D eigenvalue weighted by atomic mass is 9.38. The minimum atomic E-state index is -0.155. The number of hydrogen-bond donors (Lipinski definition) is 0. The van der Waals surface area contributed by atoms with E-state index in [0.29, 0.717) is 10.0 Å². The molecule has 3 nitrogen and oxygen atoms in total. The van der Waals surface area contributed by atoms with Crippen LogP contribution in [0, 0.1) is 23.1 Å². The van der Waals surface area contributed by atoms with Gasteiger partial charge in [0, 0.05) is 21.9 Å². The Morgan fingerprint density at radius 3 is 2.34 bits per heavy atom. The average Bonchev–Trinajstić information content (AvgIpc) is 2.84. The third kappa shape index (κ3) is 5.69. The normalized spacial score (nSPS) is 23.2. The molecule has 170 valence electrons. The first-order chi connectivity index (χ1) is 15.4. The van der Waals surface area contributed by atoms with E-state index in [4.69, 9.17) is 27.9 Å². The molecular weight excluding hydrogens is 440 g/mol. The van der Waals surface area contributed by atoms with Crippen molar-refractivity contribution in [1.29, 1.82) is 5.26 Å². The minimum Gasteiger partial charge on any atom is -0.497 e. The fourth-order valence-electron chi connectivity index (χ4n) is 5.03. The molecule has 0 spiro atoms. The molecule has 0 N–H and O–H groups in total. The molecule has 1 aliphatic rings. The summed E-state index contributed by atoms with van der Waals surface area (Å²) in [5.41, 5.74) is 2.19. The van der Waals surface area contributed by atoms with Crippen LogP contribution in [0.15, 0.2) is 42.5 Å². The van der Waals surface area contributed by atoms with Crippen LogP contribution in [0.25, 0.3) is 0 Å². The molecule has 0 amide bonds. The molecule has 5 atom stereocenters.